The Labute approximate surface area is 169 Å². The summed E-state index contributed by atoms with van der Waals surface area (Å²) in [5.41, 5.74) is 1.81. The van der Waals surface area contributed by atoms with Crippen LogP contribution in [0.15, 0.2) is 46.0 Å². The van der Waals surface area contributed by atoms with Gasteiger partial charge in [0.25, 0.3) is 0 Å². The summed E-state index contributed by atoms with van der Waals surface area (Å²) in [6.45, 7) is 5.53. The van der Waals surface area contributed by atoms with E-state index < -0.39 is 0 Å². The van der Waals surface area contributed by atoms with E-state index in [1.165, 1.54) is 32.2 Å². The van der Waals surface area contributed by atoms with Crippen molar-refractivity contribution in [2.75, 3.05) is 33.7 Å². The first kappa shape index (κ1) is 22.0. The molecule has 6 nitrogen and oxygen atoms in total. The van der Waals surface area contributed by atoms with E-state index in [9.17, 15) is 0 Å². The van der Waals surface area contributed by atoms with Crippen molar-refractivity contribution in [3.63, 3.8) is 0 Å². The highest BCUT2D eigenvalue weighted by Crippen LogP contribution is 2.18. The van der Waals surface area contributed by atoms with Gasteiger partial charge in [-0.15, -0.1) is 0 Å². The predicted molar refractivity (Wildman–Crippen MR) is 116 cm³/mol. The van der Waals surface area contributed by atoms with E-state index in [0.29, 0.717) is 12.4 Å². The molecule has 1 heterocycles. The van der Waals surface area contributed by atoms with Crippen LogP contribution in [0, 0.1) is 0 Å². The lowest BCUT2D eigenvalue weighted by atomic mass is 10.1. The third kappa shape index (κ3) is 8.57. The molecule has 0 amide bonds. The quantitative estimate of drug-likeness (QED) is 0.329. The summed E-state index contributed by atoms with van der Waals surface area (Å²) in [4.78, 5) is 11.4. The van der Waals surface area contributed by atoms with Gasteiger partial charge >= 0.3 is 0 Å². The zero-order valence-electron chi connectivity index (χ0n) is 17.6. The van der Waals surface area contributed by atoms with E-state index in [1.807, 2.05) is 30.3 Å². The van der Waals surface area contributed by atoms with Crippen LogP contribution < -0.4 is 10.6 Å². The SMILES string of the molecule is CCNC(=NCc1coc(-c2ccccc2)n1)NCCCCCCCN(C)C. The average Bonchev–Trinajstić information content (AvgIpc) is 3.17. The standard InChI is InChI=1S/C22H35N5O/c1-4-23-22(24-15-11-6-5-7-12-16-27(2)3)25-17-20-18-28-21(26-20)19-13-9-8-10-14-19/h8-10,13-14,18H,4-7,11-12,15-17H2,1-3H3,(H2,23,24,25). The van der Waals surface area contributed by atoms with Crippen molar-refractivity contribution >= 4 is 5.96 Å². The lowest BCUT2D eigenvalue weighted by molar-refractivity contribution is 0.389. The largest absolute Gasteiger partial charge is 0.444 e. The molecule has 0 aliphatic heterocycles. The molecule has 0 unspecified atom stereocenters. The molecule has 6 heteroatoms. The van der Waals surface area contributed by atoms with Crippen LogP contribution in [0.25, 0.3) is 11.5 Å². The van der Waals surface area contributed by atoms with Crippen LogP contribution in [-0.2, 0) is 6.54 Å². The number of oxazole rings is 1. The number of aromatic nitrogens is 1. The molecule has 154 valence electrons. The molecule has 0 bridgehead atoms. The number of nitrogens with one attached hydrogen (secondary N) is 2. The Hall–Kier alpha value is -2.34. The topological polar surface area (TPSA) is 65.7 Å². The molecule has 0 saturated heterocycles. The highest BCUT2D eigenvalue weighted by atomic mass is 16.3. The molecule has 28 heavy (non-hydrogen) atoms. The van der Waals surface area contributed by atoms with Crippen LogP contribution in [-0.4, -0.2) is 49.6 Å². The zero-order valence-corrected chi connectivity index (χ0v) is 17.6. The Morgan fingerprint density at radius 1 is 1.04 bits per heavy atom. The second kappa shape index (κ2) is 12.9. The number of hydrogen-bond donors (Lipinski definition) is 2. The van der Waals surface area contributed by atoms with Gasteiger partial charge in [0, 0.05) is 18.7 Å². The van der Waals surface area contributed by atoms with Gasteiger partial charge in [-0.1, -0.05) is 37.5 Å². The molecule has 0 aliphatic carbocycles. The maximum absolute atomic E-state index is 5.58. The maximum Gasteiger partial charge on any atom is 0.226 e. The number of nitrogens with zero attached hydrogens (tertiary/aromatic N) is 3. The molecule has 0 fully saturated rings. The van der Waals surface area contributed by atoms with Gasteiger partial charge < -0.3 is 20.0 Å². The van der Waals surface area contributed by atoms with Crippen LogP contribution >= 0.6 is 0 Å². The third-order valence-corrected chi connectivity index (χ3v) is 4.39. The molecule has 0 atom stereocenters. The van der Waals surface area contributed by atoms with Crippen molar-refractivity contribution in [3.8, 4) is 11.5 Å². The number of aliphatic imine (C=N–C) groups is 1. The molecule has 2 N–H and O–H groups in total. The first-order chi connectivity index (χ1) is 13.7. The average molecular weight is 386 g/mol. The maximum atomic E-state index is 5.58. The molecule has 1 aromatic carbocycles. The van der Waals surface area contributed by atoms with Gasteiger partial charge in [-0.2, -0.15) is 0 Å². The van der Waals surface area contributed by atoms with E-state index in [2.05, 4.69) is 46.5 Å². The molecular weight excluding hydrogens is 350 g/mol. The first-order valence-corrected chi connectivity index (χ1v) is 10.4. The highest BCUT2D eigenvalue weighted by molar-refractivity contribution is 5.79. The minimum absolute atomic E-state index is 0.496. The summed E-state index contributed by atoms with van der Waals surface area (Å²) in [5.74, 6) is 1.47. The Kier molecular flexibility index (Phi) is 10.1. The molecule has 1 aromatic heterocycles. The van der Waals surface area contributed by atoms with Crippen LogP contribution in [0.2, 0.25) is 0 Å². The van der Waals surface area contributed by atoms with Gasteiger partial charge in [0.15, 0.2) is 5.96 Å². The molecule has 0 saturated carbocycles. The highest BCUT2D eigenvalue weighted by Gasteiger charge is 2.06. The summed E-state index contributed by atoms with van der Waals surface area (Å²) in [5, 5.41) is 6.70. The summed E-state index contributed by atoms with van der Waals surface area (Å²) in [6.07, 6.45) is 7.99. The molecule has 0 spiro atoms. The van der Waals surface area contributed by atoms with Crippen molar-refractivity contribution in [2.24, 2.45) is 4.99 Å². The van der Waals surface area contributed by atoms with Gasteiger partial charge in [-0.05, 0) is 52.5 Å². The predicted octanol–water partition coefficient (Wildman–Crippen LogP) is 3.91. The summed E-state index contributed by atoms with van der Waals surface area (Å²) < 4.78 is 5.58. The zero-order chi connectivity index (χ0) is 20.0. The van der Waals surface area contributed by atoms with E-state index in [4.69, 9.17) is 4.42 Å². The number of guanidine groups is 1. The van der Waals surface area contributed by atoms with Crippen molar-refractivity contribution in [3.05, 3.63) is 42.3 Å². The van der Waals surface area contributed by atoms with E-state index in [1.54, 1.807) is 6.26 Å². The fourth-order valence-electron chi connectivity index (χ4n) is 2.88. The van der Waals surface area contributed by atoms with E-state index in [0.717, 1.165) is 36.7 Å². The third-order valence-electron chi connectivity index (χ3n) is 4.39. The Morgan fingerprint density at radius 2 is 1.79 bits per heavy atom. The van der Waals surface area contributed by atoms with Crippen molar-refractivity contribution in [2.45, 2.75) is 45.6 Å². The lowest BCUT2D eigenvalue weighted by Gasteiger charge is -2.11. The van der Waals surface area contributed by atoms with Crippen molar-refractivity contribution in [1.29, 1.82) is 0 Å². The summed E-state index contributed by atoms with van der Waals surface area (Å²) in [6, 6.07) is 9.92. The second-order valence-electron chi connectivity index (χ2n) is 7.20. The number of unbranched alkanes of at least 4 members (excludes halogenated alkanes) is 4. The number of hydrogen-bond acceptors (Lipinski definition) is 4. The van der Waals surface area contributed by atoms with Gasteiger partial charge in [-0.3, -0.25) is 0 Å². The first-order valence-electron chi connectivity index (χ1n) is 10.4. The smallest absolute Gasteiger partial charge is 0.226 e. The van der Waals surface area contributed by atoms with Crippen LogP contribution in [0.4, 0.5) is 0 Å². The molecule has 2 rings (SSSR count). The Bertz CT molecular complexity index is 681. The lowest BCUT2D eigenvalue weighted by Crippen LogP contribution is -2.37. The van der Waals surface area contributed by atoms with E-state index >= 15 is 0 Å². The van der Waals surface area contributed by atoms with Crippen molar-refractivity contribution in [1.82, 2.24) is 20.5 Å². The van der Waals surface area contributed by atoms with Gasteiger partial charge in [0.05, 0.1) is 6.54 Å². The number of rotatable bonds is 12. The molecular formula is C22H35N5O. The molecule has 0 aliphatic rings. The van der Waals surface area contributed by atoms with Gasteiger partial charge in [0.1, 0.15) is 12.0 Å². The molecule has 2 aromatic rings. The fourth-order valence-corrected chi connectivity index (χ4v) is 2.88. The minimum Gasteiger partial charge on any atom is -0.444 e. The van der Waals surface area contributed by atoms with Gasteiger partial charge in [-0.25, -0.2) is 9.98 Å². The number of benzene rings is 1. The second-order valence-corrected chi connectivity index (χ2v) is 7.20. The minimum atomic E-state index is 0.496. The van der Waals surface area contributed by atoms with Crippen LogP contribution in [0.5, 0.6) is 0 Å². The monoisotopic (exact) mass is 385 g/mol. The summed E-state index contributed by atoms with van der Waals surface area (Å²) in [7, 11) is 4.26. The summed E-state index contributed by atoms with van der Waals surface area (Å²) >= 11 is 0. The van der Waals surface area contributed by atoms with Crippen molar-refractivity contribution < 1.29 is 4.42 Å². The fraction of sp³-hybridized carbons (Fsp3) is 0.545. The van der Waals surface area contributed by atoms with E-state index in [-0.39, 0.29) is 0 Å². The van der Waals surface area contributed by atoms with Crippen LogP contribution in [0.3, 0.4) is 0 Å². The Morgan fingerprint density at radius 3 is 2.54 bits per heavy atom. The van der Waals surface area contributed by atoms with Crippen LogP contribution in [0.1, 0.15) is 44.7 Å². The molecule has 0 radical (unpaired) electrons. The Balaban J connectivity index is 1.71. The normalized spacial score (nSPS) is 11.8. The van der Waals surface area contributed by atoms with Gasteiger partial charge in [0.2, 0.25) is 5.89 Å².